The zero-order valence-corrected chi connectivity index (χ0v) is 7.59. The fraction of sp³-hybridized carbons (Fsp3) is 0.556. The summed E-state index contributed by atoms with van der Waals surface area (Å²) < 4.78 is 4.96. The summed E-state index contributed by atoms with van der Waals surface area (Å²) in [6, 6.07) is 3.61. The normalized spacial score (nSPS) is 11.2. The number of nitriles is 1. The second-order valence-electron chi connectivity index (χ2n) is 4.03. The standard InChI is InChI=1S/C9H12N2O/c1-9(2,3)5-8-4-7(6-10)11-12-8/h4H,5H2,1-3H3. The maximum absolute atomic E-state index is 8.48. The average molecular weight is 164 g/mol. The fourth-order valence-corrected chi connectivity index (χ4v) is 0.972. The van der Waals surface area contributed by atoms with E-state index in [1.54, 1.807) is 6.07 Å². The molecule has 1 aromatic rings. The van der Waals surface area contributed by atoms with Crippen LogP contribution in [0.25, 0.3) is 0 Å². The van der Waals surface area contributed by atoms with Gasteiger partial charge in [-0.15, -0.1) is 0 Å². The highest BCUT2D eigenvalue weighted by Gasteiger charge is 2.14. The van der Waals surface area contributed by atoms with Crippen LogP contribution in [-0.4, -0.2) is 5.16 Å². The summed E-state index contributed by atoms with van der Waals surface area (Å²) in [4.78, 5) is 0. The highest BCUT2D eigenvalue weighted by molar-refractivity contribution is 5.19. The van der Waals surface area contributed by atoms with Crippen molar-refractivity contribution in [1.29, 1.82) is 5.26 Å². The van der Waals surface area contributed by atoms with Crippen molar-refractivity contribution in [2.24, 2.45) is 5.41 Å². The molecule has 0 atom stereocenters. The number of rotatable bonds is 1. The predicted molar refractivity (Wildman–Crippen MR) is 44.4 cm³/mol. The molecule has 3 nitrogen and oxygen atoms in total. The van der Waals surface area contributed by atoms with Crippen LogP contribution in [0.2, 0.25) is 0 Å². The molecule has 0 radical (unpaired) electrons. The van der Waals surface area contributed by atoms with E-state index in [0.717, 1.165) is 12.2 Å². The van der Waals surface area contributed by atoms with Crippen molar-refractivity contribution in [1.82, 2.24) is 5.16 Å². The molecule has 1 aromatic heterocycles. The van der Waals surface area contributed by atoms with E-state index < -0.39 is 0 Å². The third-order valence-corrected chi connectivity index (χ3v) is 1.38. The van der Waals surface area contributed by atoms with Gasteiger partial charge in [0.1, 0.15) is 11.8 Å². The van der Waals surface area contributed by atoms with Gasteiger partial charge in [0.2, 0.25) is 0 Å². The molecule has 0 amide bonds. The van der Waals surface area contributed by atoms with Gasteiger partial charge in [-0.25, -0.2) is 0 Å². The summed E-state index contributed by atoms with van der Waals surface area (Å²) in [5, 5.41) is 12.1. The monoisotopic (exact) mass is 164 g/mol. The molecular formula is C9H12N2O. The van der Waals surface area contributed by atoms with Crippen LogP contribution in [0.5, 0.6) is 0 Å². The number of aromatic nitrogens is 1. The van der Waals surface area contributed by atoms with Crippen molar-refractivity contribution >= 4 is 0 Å². The molecule has 0 saturated heterocycles. The quantitative estimate of drug-likeness (QED) is 0.638. The number of hydrogen-bond donors (Lipinski definition) is 0. The maximum atomic E-state index is 8.48. The molecule has 3 heteroatoms. The van der Waals surface area contributed by atoms with E-state index in [9.17, 15) is 0 Å². The van der Waals surface area contributed by atoms with Crippen LogP contribution in [0, 0.1) is 16.7 Å². The van der Waals surface area contributed by atoms with Crippen molar-refractivity contribution in [3.05, 3.63) is 17.5 Å². The van der Waals surface area contributed by atoms with Crippen LogP contribution >= 0.6 is 0 Å². The van der Waals surface area contributed by atoms with E-state index in [-0.39, 0.29) is 5.41 Å². The first-order chi connectivity index (χ1) is 5.51. The van der Waals surface area contributed by atoms with Crippen LogP contribution in [0.4, 0.5) is 0 Å². The van der Waals surface area contributed by atoms with Gasteiger partial charge in [0.25, 0.3) is 0 Å². The summed E-state index contributed by atoms with van der Waals surface area (Å²) in [7, 11) is 0. The van der Waals surface area contributed by atoms with Gasteiger partial charge in [-0.2, -0.15) is 5.26 Å². The minimum Gasteiger partial charge on any atom is -0.360 e. The van der Waals surface area contributed by atoms with Crippen LogP contribution < -0.4 is 0 Å². The molecule has 1 heterocycles. The van der Waals surface area contributed by atoms with Crippen molar-refractivity contribution < 1.29 is 4.52 Å². The SMILES string of the molecule is CC(C)(C)Cc1cc(C#N)no1. The number of nitrogens with zero attached hydrogens (tertiary/aromatic N) is 2. The van der Waals surface area contributed by atoms with Crippen molar-refractivity contribution in [2.45, 2.75) is 27.2 Å². The lowest BCUT2D eigenvalue weighted by molar-refractivity contribution is 0.320. The summed E-state index contributed by atoms with van der Waals surface area (Å²) >= 11 is 0. The lowest BCUT2D eigenvalue weighted by Crippen LogP contribution is -2.08. The molecule has 0 aliphatic heterocycles. The van der Waals surface area contributed by atoms with Gasteiger partial charge in [-0.3, -0.25) is 0 Å². The van der Waals surface area contributed by atoms with Crippen molar-refractivity contribution in [2.75, 3.05) is 0 Å². The molecule has 12 heavy (non-hydrogen) atoms. The minimum atomic E-state index is 0.173. The third-order valence-electron chi connectivity index (χ3n) is 1.38. The first-order valence-corrected chi connectivity index (χ1v) is 3.87. The second-order valence-corrected chi connectivity index (χ2v) is 4.03. The molecular weight excluding hydrogens is 152 g/mol. The van der Waals surface area contributed by atoms with Crippen molar-refractivity contribution in [3.63, 3.8) is 0 Å². The highest BCUT2D eigenvalue weighted by atomic mass is 16.5. The Labute approximate surface area is 72.0 Å². The first-order valence-electron chi connectivity index (χ1n) is 3.87. The fourth-order valence-electron chi connectivity index (χ4n) is 0.972. The summed E-state index contributed by atoms with van der Waals surface area (Å²) in [5.41, 5.74) is 0.529. The lowest BCUT2D eigenvalue weighted by atomic mass is 9.91. The van der Waals surface area contributed by atoms with E-state index in [1.807, 2.05) is 6.07 Å². The van der Waals surface area contributed by atoms with Crippen LogP contribution in [0.3, 0.4) is 0 Å². The molecule has 0 aliphatic carbocycles. The molecule has 0 fully saturated rings. The number of hydrogen-bond acceptors (Lipinski definition) is 3. The predicted octanol–water partition coefficient (Wildman–Crippen LogP) is 2.13. The molecule has 0 bridgehead atoms. The Morgan fingerprint density at radius 3 is 2.67 bits per heavy atom. The van der Waals surface area contributed by atoms with Crippen LogP contribution in [0.15, 0.2) is 10.6 Å². The summed E-state index contributed by atoms with van der Waals surface area (Å²) in [5.74, 6) is 0.777. The van der Waals surface area contributed by atoms with E-state index in [4.69, 9.17) is 9.78 Å². The Morgan fingerprint density at radius 2 is 2.25 bits per heavy atom. The van der Waals surface area contributed by atoms with Crippen LogP contribution in [0.1, 0.15) is 32.2 Å². The summed E-state index contributed by atoms with van der Waals surface area (Å²) in [6.45, 7) is 6.34. The largest absolute Gasteiger partial charge is 0.360 e. The topological polar surface area (TPSA) is 49.8 Å². The van der Waals surface area contributed by atoms with E-state index in [2.05, 4.69) is 25.9 Å². The molecule has 64 valence electrons. The Balaban J connectivity index is 2.72. The zero-order valence-electron chi connectivity index (χ0n) is 7.59. The van der Waals surface area contributed by atoms with E-state index in [0.29, 0.717) is 5.69 Å². The molecule has 0 aliphatic rings. The maximum Gasteiger partial charge on any atom is 0.183 e. The first kappa shape index (κ1) is 8.79. The van der Waals surface area contributed by atoms with Gasteiger partial charge in [-0.05, 0) is 5.41 Å². The van der Waals surface area contributed by atoms with E-state index in [1.165, 1.54) is 0 Å². The Kier molecular flexibility index (Phi) is 2.18. The third kappa shape index (κ3) is 2.39. The Bertz CT molecular complexity index is 301. The van der Waals surface area contributed by atoms with Gasteiger partial charge in [0.15, 0.2) is 5.69 Å². The zero-order chi connectivity index (χ0) is 9.19. The molecule has 0 spiro atoms. The molecule has 0 aromatic carbocycles. The van der Waals surface area contributed by atoms with Crippen molar-refractivity contribution in [3.8, 4) is 6.07 Å². The molecule has 0 N–H and O–H groups in total. The minimum absolute atomic E-state index is 0.173. The smallest absolute Gasteiger partial charge is 0.183 e. The second kappa shape index (κ2) is 2.98. The van der Waals surface area contributed by atoms with Gasteiger partial charge in [0.05, 0.1) is 0 Å². The van der Waals surface area contributed by atoms with Crippen LogP contribution in [-0.2, 0) is 6.42 Å². The summed E-state index contributed by atoms with van der Waals surface area (Å²) in [6.07, 6.45) is 0.807. The lowest BCUT2D eigenvalue weighted by Gasteiger charge is -2.14. The van der Waals surface area contributed by atoms with Gasteiger partial charge in [-0.1, -0.05) is 25.9 Å². The highest BCUT2D eigenvalue weighted by Crippen LogP contribution is 2.20. The Hall–Kier alpha value is -1.30. The average Bonchev–Trinajstić information content (AvgIpc) is 2.32. The molecule has 0 saturated carbocycles. The molecule has 1 rings (SSSR count). The molecule has 0 unspecified atom stereocenters. The van der Waals surface area contributed by atoms with Gasteiger partial charge in [0, 0.05) is 12.5 Å². The Morgan fingerprint density at radius 1 is 1.58 bits per heavy atom. The van der Waals surface area contributed by atoms with Gasteiger partial charge >= 0.3 is 0 Å². The van der Waals surface area contributed by atoms with Gasteiger partial charge < -0.3 is 4.52 Å². The van der Waals surface area contributed by atoms with E-state index >= 15 is 0 Å².